The van der Waals surface area contributed by atoms with Gasteiger partial charge in [-0.25, -0.2) is 9.67 Å². The summed E-state index contributed by atoms with van der Waals surface area (Å²) < 4.78 is 1.97. The number of fused-ring (bicyclic) bond motifs is 1. The molecule has 4 rings (SSSR count). The van der Waals surface area contributed by atoms with Gasteiger partial charge in [0.05, 0.1) is 29.4 Å². The molecule has 0 aliphatic carbocycles. The Morgan fingerprint density at radius 3 is 2.95 bits per heavy atom. The first-order chi connectivity index (χ1) is 9.93. The van der Waals surface area contributed by atoms with Crippen molar-refractivity contribution in [3.8, 4) is 5.69 Å². The fourth-order valence-electron chi connectivity index (χ4n) is 2.78. The van der Waals surface area contributed by atoms with Crippen LogP contribution in [0, 0.1) is 0 Å². The van der Waals surface area contributed by atoms with Gasteiger partial charge in [0.2, 0.25) is 0 Å². The zero-order valence-corrected chi connectivity index (χ0v) is 11.0. The van der Waals surface area contributed by atoms with E-state index in [9.17, 15) is 0 Å². The highest BCUT2D eigenvalue weighted by atomic mass is 15.3. The highest BCUT2D eigenvalue weighted by molar-refractivity contribution is 5.36. The molecule has 0 saturated heterocycles. The first-order valence-electron chi connectivity index (χ1n) is 6.78. The van der Waals surface area contributed by atoms with Gasteiger partial charge in [0.15, 0.2) is 0 Å². The van der Waals surface area contributed by atoms with Crippen molar-refractivity contribution in [3.05, 3.63) is 66.0 Å². The van der Waals surface area contributed by atoms with Gasteiger partial charge in [0.25, 0.3) is 0 Å². The van der Waals surface area contributed by atoms with E-state index in [0.717, 1.165) is 30.0 Å². The van der Waals surface area contributed by atoms with Crippen LogP contribution in [0.15, 0.2) is 48.9 Å². The van der Waals surface area contributed by atoms with Crippen LogP contribution in [0.25, 0.3) is 5.69 Å². The van der Waals surface area contributed by atoms with E-state index in [1.165, 1.54) is 5.69 Å². The molecule has 3 heterocycles. The number of nitrogens with zero attached hydrogens (tertiary/aromatic N) is 3. The molecule has 1 aliphatic rings. The maximum absolute atomic E-state index is 4.47. The van der Waals surface area contributed by atoms with Gasteiger partial charge in [-0.05, 0) is 18.2 Å². The van der Waals surface area contributed by atoms with Crippen LogP contribution >= 0.6 is 0 Å². The lowest BCUT2D eigenvalue weighted by molar-refractivity contribution is 0.530. The highest BCUT2D eigenvalue weighted by Gasteiger charge is 2.26. The van der Waals surface area contributed by atoms with Gasteiger partial charge < -0.3 is 10.3 Å². The summed E-state index contributed by atoms with van der Waals surface area (Å²) in [5, 5.41) is 7.99. The second-order valence-electron chi connectivity index (χ2n) is 4.91. The molecule has 3 aromatic rings. The van der Waals surface area contributed by atoms with E-state index in [2.05, 4.69) is 38.6 Å². The van der Waals surface area contributed by atoms with Crippen LogP contribution in [0.2, 0.25) is 0 Å². The summed E-state index contributed by atoms with van der Waals surface area (Å²) in [6.45, 7) is 0.944. The van der Waals surface area contributed by atoms with Crippen molar-refractivity contribution in [1.82, 2.24) is 25.1 Å². The van der Waals surface area contributed by atoms with Crippen LogP contribution < -0.4 is 5.32 Å². The van der Waals surface area contributed by atoms with E-state index in [4.69, 9.17) is 0 Å². The smallest absolute Gasteiger partial charge is 0.0945 e. The number of hydrogen-bond acceptors (Lipinski definition) is 3. The van der Waals surface area contributed by atoms with Gasteiger partial charge in [-0.2, -0.15) is 5.10 Å². The Labute approximate surface area is 116 Å². The minimum Gasteiger partial charge on any atom is -0.348 e. The summed E-state index contributed by atoms with van der Waals surface area (Å²) >= 11 is 0. The van der Waals surface area contributed by atoms with E-state index in [1.807, 2.05) is 29.1 Å². The van der Waals surface area contributed by atoms with E-state index in [-0.39, 0.29) is 6.04 Å². The number of rotatable bonds is 2. The second kappa shape index (κ2) is 4.61. The quantitative estimate of drug-likeness (QED) is 0.743. The predicted octanol–water partition coefficient (Wildman–Crippen LogP) is 1.83. The number of aromatic nitrogens is 4. The SMILES string of the molecule is c1ccc(-n2nccc2C2NCCc3[nH]cnc32)cc1. The summed E-state index contributed by atoms with van der Waals surface area (Å²) in [6.07, 6.45) is 4.60. The Bertz CT molecular complexity index is 713. The first-order valence-corrected chi connectivity index (χ1v) is 6.78. The summed E-state index contributed by atoms with van der Waals surface area (Å²) in [5.41, 5.74) is 4.48. The maximum Gasteiger partial charge on any atom is 0.0945 e. The molecule has 1 aliphatic heterocycles. The lowest BCUT2D eigenvalue weighted by Gasteiger charge is -2.23. The molecule has 0 amide bonds. The van der Waals surface area contributed by atoms with Crippen molar-refractivity contribution < 1.29 is 0 Å². The molecule has 100 valence electrons. The van der Waals surface area contributed by atoms with Gasteiger partial charge >= 0.3 is 0 Å². The maximum atomic E-state index is 4.47. The monoisotopic (exact) mass is 265 g/mol. The standard InChI is InChI=1S/C15H15N5/c1-2-4-11(5-3-1)20-13(7-9-19-20)15-14-12(6-8-16-15)17-10-18-14/h1-5,7,9-10,15-16H,6,8H2,(H,17,18). The van der Waals surface area contributed by atoms with E-state index in [0.29, 0.717) is 0 Å². The molecule has 0 radical (unpaired) electrons. The summed E-state index contributed by atoms with van der Waals surface area (Å²) in [5.74, 6) is 0. The number of imidazole rings is 1. The Morgan fingerprint density at radius 2 is 2.05 bits per heavy atom. The Hall–Kier alpha value is -2.40. The predicted molar refractivity (Wildman–Crippen MR) is 75.7 cm³/mol. The van der Waals surface area contributed by atoms with Crippen LogP contribution in [0.4, 0.5) is 0 Å². The first kappa shape index (κ1) is 11.4. The molecular formula is C15H15N5. The topological polar surface area (TPSA) is 58.5 Å². The van der Waals surface area contributed by atoms with Crippen molar-refractivity contribution in [2.45, 2.75) is 12.5 Å². The summed E-state index contributed by atoms with van der Waals surface area (Å²) in [4.78, 5) is 7.70. The molecular weight excluding hydrogens is 250 g/mol. The minimum atomic E-state index is 0.0905. The molecule has 0 bridgehead atoms. The molecule has 0 fully saturated rings. The second-order valence-corrected chi connectivity index (χ2v) is 4.91. The third-order valence-corrected chi connectivity index (χ3v) is 3.72. The van der Waals surface area contributed by atoms with Gasteiger partial charge in [0, 0.05) is 24.9 Å². The molecule has 0 saturated carbocycles. The number of H-pyrrole nitrogens is 1. The number of nitrogens with one attached hydrogen (secondary N) is 2. The van der Waals surface area contributed by atoms with Crippen molar-refractivity contribution in [2.75, 3.05) is 6.54 Å². The Morgan fingerprint density at radius 1 is 1.15 bits per heavy atom. The molecule has 5 nitrogen and oxygen atoms in total. The molecule has 1 atom stereocenters. The molecule has 5 heteroatoms. The average Bonchev–Trinajstić information content (AvgIpc) is 3.16. The minimum absolute atomic E-state index is 0.0905. The van der Waals surface area contributed by atoms with Gasteiger partial charge in [0.1, 0.15) is 0 Å². The van der Waals surface area contributed by atoms with Crippen molar-refractivity contribution in [2.24, 2.45) is 0 Å². The largest absolute Gasteiger partial charge is 0.348 e. The molecule has 2 N–H and O–H groups in total. The highest BCUT2D eigenvalue weighted by Crippen LogP contribution is 2.27. The van der Waals surface area contributed by atoms with Gasteiger partial charge in [-0.3, -0.25) is 0 Å². The third-order valence-electron chi connectivity index (χ3n) is 3.72. The Kier molecular flexibility index (Phi) is 2.63. The zero-order chi connectivity index (χ0) is 13.4. The summed E-state index contributed by atoms with van der Waals surface area (Å²) in [6, 6.07) is 12.3. The average molecular weight is 265 g/mol. The van der Waals surface area contributed by atoms with Crippen LogP contribution in [0.3, 0.4) is 0 Å². The fourth-order valence-corrected chi connectivity index (χ4v) is 2.78. The normalized spacial score (nSPS) is 17.9. The van der Waals surface area contributed by atoms with Crippen LogP contribution in [-0.4, -0.2) is 26.3 Å². The van der Waals surface area contributed by atoms with Crippen LogP contribution in [0.1, 0.15) is 23.1 Å². The molecule has 1 aromatic carbocycles. The van der Waals surface area contributed by atoms with Crippen molar-refractivity contribution >= 4 is 0 Å². The number of hydrogen-bond donors (Lipinski definition) is 2. The van der Waals surface area contributed by atoms with Gasteiger partial charge in [-0.1, -0.05) is 18.2 Å². The van der Waals surface area contributed by atoms with Crippen molar-refractivity contribution in [1.29, 1.82) is 0 Å². The lowest BCUT2D eigenvalue weighted by Crippen LogP contribution is -2.32. The number of benzene rings is 1. The van der Waals surface area contributed by atoms with Crippen LogP contribution in [-0.2, 0) is 6.42 Å². The molecule has 2 aromatic heterocycles. The Balaban J connectivity index is 1.81. The molecule has 1 unspecified atom stereocenters. The van der Waals surface area contributed by atoms with E-state index in [1.54, 1.807) is 6.33 Å². The lowest BCUT2D eigenvalue weighted by atomic mass is 10.0. The van der Waals surface area contributed by atoms with E-state index < -0.39 is 0 Å². The zero-order valence-electron chi connectivity index (χ0n) is 11.0. The van der Waals surface area contributed by atoms with Crippen molar-refractivity contribution in [3.63, 3.8) is 0 Å². The van der Waals surface area contributed by atoms with Crippen LogP contribution in [0.5, 0.6) is 0 Å². The molecule has 20 heavy (non-hydrogen) atoms. The third kappa shape index (κ3) is 1.75. The summed E-state index contributed by atoms with van der Waals surface area (Å²) in [7, 11) is 0. The number of aromatic amines is 1. The van der Waals surface area contributed by atoms with Gasteiger partial charge in [-0.15, -0.1) is 0 Å². The van der Waals surface area contributed by atoms with E-state index >= 15 is 0 Å². The molecule has 0 spiro atoms. The number of para-hydroxylation sites is 1. The fraction of sp³-hybridized carbons (Fsp3) is 0.200.